The number of rotatable bonds is 4. The largest absolute Gasteiger partial charge is 0.328 e. The average Bonchev–Trinajstić information content (AvgIpc) is 2.62. The molecule has 0 spiro atoms. The molecule has 0 aromatic heterocycles. The summed E-state index contributed by atoms with van der Waals surface area (Å²) in [5.41, 5.74) is 5.84. The zero-order valence-corrected chi connectivity index (χ0v) is 9.71. The molecule has 0 aliphatic heterocycles. The van der Waals surface area contributed by atoms with Crippen molar-refractivity contribution >= 4 is 0 Å². The van der Waals surface area contributed by atoms with Crippen molar-refractivity contribution < 1.29 is 0 Å². The van der Waals surface area contributed by atoms with Crippen LogP contribution < -0.4 is 5.73 Å². The Hall–Kier alpha value is -0.0400. The molecule has 0 amide bonds. The third-order valence-electron chi connectivity index (χ3n) is 4.36. The first-order valence-corrected chi connectivity index (χ1v) is 6.40. The molecule has 0 heterocycles. The first-order chi connectivity index (χ1) is 6.65. The SMILES string of the molecule is CC(N)CC(C)CC1CC2CCC1C2. The second-order valence-electron chi connectivity index (χ2n) is 5.99. The molecule has 0 radical (unpaired) electrons. The summed E-state index contributed by atoms with van der Waals surface area (Å²) in [4.78, 5) is 0. The third kappa shape index (κ3) is 2.31. The van der Waals surface area contributed by atoms with E-state index in [0.29, 0.717) is 6.04 Å². The quantitative estimate of drug-likeness (QED) is 0.732. The van der Waals surface area contributed by atoms with Crippen molar-refractivity contribution in [1.82, 2.24) is 0 Å². The number of fused-ring (bicyclic) bond motifs is 2. The Bertz CT molecular complexity index is 188. The highest BCUT2D eigenvalue weighted by atomic mass is 14.6. The van der Waals surface area contributed by atoms with E-state index in [4.69, 9.17) is 5.73 Å². The Morgan fingerprint density at radius 3 is 2.50 bits per heavy atom. The van der Waals surface area contributed by atoms with Gasteiger partial charge in [-0.1, -0.05) is 13.3 Å². The van der Waals surface area contributed by atoms with Crippen molar-refractivity contribution in [2.45, 2.75) is 58.4 Å². The van der Waals surface area contributed by atoms with Crippen LogP contribution in [0.25, 0.3) is 0 Å². The van der Waals surface area contributed by atoms with Crippen LogP contribution in [0.2, 0.25) is 0 Å². The van der Waals surface area contributed by atoms with E-state index >= 15 is 0 Å². The highest BCUT2D eigenvalue weighted by Gasteiger charge is 2.39. The minimum Gasteiger partial charge on any atom is -0.328 e. The van der Waals surface area contributed by atoms with Crippen LogP contribution in [0.1, 0.15) is 52.4 Å². The molecule has 1 heteroatoms. The van der Waals surface area contributed by atoms with Gasteiger partial charge in [0.1, 0.15) is 0 Å². The predicted molar refractivity (Wildman–Crippen MR) is 61.0 cm³/mol. The molecule has 2 fully saturated rings. The molecular formula is C13H25N. The van der Waals surface area contributed by atoms with Gasteiger partial charge in [-0.25, -0.2) is 0 Å². The molecule has 2 rings (SSSR count). The van der Waals surface area contributed by atoms with Gasteiger partial charge in [-0.3, -0.25) is 0 Å². The van der Waals surface area contributed by atoms with Gasteiger partial charge in [0, 0.05) is 6.04 Å². The maximum atomic E-state index is 5.84. The van der Waals surface area contributed by atoms with E-state index in [0.717, 1.165) is 23.7 Å². The van der Waals surface area contributed by atoms with Crippen molar-refractivity contribution in [2.75, 3.05) is 0 Å². The molecule has 0 aromatic carbocycles. The summed E-state index contributed by atoms with van der Waals surface area (Å²) in [7, 11) is 0. The fraction of sp³-hybridized carbons (Fsp3) is 1.00. The van der Waals surface area contributed by atoms with E-state index in [2.05, 4.69) is 13.8 Å². The lowest BCUT2D eigenvalue weighted by atomic mass is 9.81. The van der Waals surface area contributed by atoms with Gasteiger partial charge in [-0.2, -0.15) is 0 Å². The summed E-state index contributed by atoms with van der Waals surface area (Å²) in [6, 6.07) is 0.392. The molecule has 14 heavy (non-hydrogen) atoms. The normalized spacial score (nSPS) is 40.1. The number of nitrogens with two attached hydrogens (primary N) is 1. The summed E-state index contributed by atoms with van der Waals surface area (Å²) in [5.74, 6) is 4.10. The van der Waals surface area contributed by atoms with Crippen LogP contribution in [-0.4, -0.2) is 6.04 Å². The van der Waals surface area contributed by atoms with Crippen LogP contribution in [-0.2, 0) is 0 Å². The van der Waals surface area contributed by atoms with Crippen LogP contribution in [0.4, 0.5) is 0 Å². The Morgan fingerprint density at radius 2 is 2.00 bits per heavy atom. The maximum Gasteiger partial charge on any atom is 0.00130 e. The predicted octanol–water partition coefficient (Wildman–Crippen LogP) is 3.19. The zero-order chi connectivity index (χ0) is 10.1. The van der Waals surface area contributed by atoms with Gasteiger partial charge in [-0.05, 0) is 62.7 Å². The molecule has 2 aliphatic rings. The highest BCUT2D eigenvalue weighted by molar-refractivity contribution is 4.90. The average molecular weight is 195 g/mol. The van der Waals surface area contributed by atoms with Crippen LogP contribution in [0, 0.1) is 23.7 Å². The Balaban J connectivity index is 1.75. The molecule has 0 saturated heterocycles. The zero-order valence-electron chi connectivity index (χ0n) is 9.71. The van der Waals surface area contributed by atoms with Gasteiger partial charge in [0.15, 0.2) is 0 Å². The van der Waals surface area contributed by atoms with E-state index in [9.17, 15) is 0 Å². The molecular weight excluding hydrogens is 170 g/mol. The molecule has 2 aliphatic carbocycles. The summed E-state index contributed by atoms with van der Waals surface area (Å²) in [5, 5.41) is 0. The monoisotopic (exact) mass is 195 g/mol. The van der Waals surface area contributed by atoms with E-state index in [1.54, 1.807) is 6.42 Å². The van der Waals surface area contributed by atoms with E-state index in [1.165, 1.54) is 32.1 Å². The fourth-order valence-electron chi connectivity index (χ4n) is 3.91. The molecule has 5 atom stereocenters. The first kappa shape index (κ1) is 10.5. The molecule has 0 aromatic rings. The topological polar surface area (TPSA) is 26.0 Å². The van der Waals surface area contributed by atoms with Crippen molar-refractivity contribution in [3.63, 3.8) is 0 Å². The summed E-state index contributed by atoms with van der Waals surface area (Å²) < 4.78 is 0. The van der Waals surface area contributed by atoms with Crippen molar-refractivity contribution in [2.24, 2.45) is 29.4 Å². The van der Waals surface area contributed by atoms with Crippen molar-refractivity contribution in [3.05, 3.63) is 0 Å². The minimum atomic E-state index is 0.392. The second-order valence-corrected chi connectivity index (χ2v) is 5.99. The lowest BCUT2D eigenvalue weighted by Crippen LogP contribution is -2.21. The van der Waals surface area contributed by atoms with E-state index in [-0.39, 0.29) is 0 Å². The minimum absolute atomic E-state index is 0.392. The van der Waals surface area contributed by atoms with Crippen LogP contribution in [0.5, 0.6) is 0 Å². The van der Waals surface area contributed by atoms with Gasteiger partial charge in [0.05, 0.1) is 0 Å². The molecule has 1 nitrogen and oxygen atoms in total. The molecule has 2 N–H and O–H groups in total. The van der Waals surface area contributed by atoms with Gasteiger partial charge >= 0.3 is 0 Å². The Kier molecular flexibility index (Phi) is 3.16. The third-order valence-corrected chi connectivity index (χ3v) is 4.36. The van der Waals surface area contributed by atoms with Crippen LogP contribution in [0.15, 0.2) is 0 Å². The highest BCUT2D eigenvalue weighted by Crippen LogP contribution is 2.50. The summed E-state index contributed by atoms with van der Waals surface area (Å²) in [6.45, 7) is 4.52. The van der Waals surface area contributed by atoms with Gasteiger partial charge in [-0.15, -0.1) is 0 Å². The number of hydrogen-bond acceptors (Lipinski definition) is 1. The lowest BCUT2D eigenvalue weighted by Gasteiger charge is -2.25. The Morgan fingerprint density at radius 1 is 1.21 bits per heavy atom. The van der Waals surface area contributed by atoms with Gasteiger partial charge in [0.25, 0.3) is 0 Å². The van der Waals surface area contributed by atoms with Crippen molar-refractivity contribution in [3.8, 4) is 0 Å². The lowest BCUT2D eigenvalue weighted by molar-refractivity contribution is 0.264. The standard InChI is InChI=1S/C13H25N/c1-9(5-10(2)14)6-13-8-11-3-4-12(13)7-11/h9-13H,3-8,14H2,1-2H3. The molecule has 2 saturated carbocycles. The number of hydrogen-bond donors (Lipinski definition) is 1. The fourth-order valence-corrected chi connectivity index (χ4v) is 3.91. The van der Waals surface area contributed by atoms with E-state index in [1.807, 2.05) is 0 Å². The first-order valence-electron chi connectivity index (χ1n) is 6.40. The van der Waals surface area contributed by atoms with E-state index < -0.39 is 0 Å². The van der Waals surface area contributed by atoms with Crippen LogP contribution >= 0.6 is 0 Å². The van der Waals surface area contributed by atoms with Crippen molar-refractivity contribution in [1.29, 1.82) is 0 Å². The summed E-state index contributed by atoms with van der Waals surface area (Å²) in [6.07, 6.45) is 8.81. The van der Waals surface area contributed by atoms with Gasteiger partial charge < -0.3 is 5.73 Å². The van der Waals surface area contributed by atoms with Gasteiger partial charge in [0.2, 0.25) is 0 Å². The molecule has 2 bridgehead atoms. The molecule has 82 valence electrons. The van der Waals surface area contributed by atoms with Crippen LogP contribution in [0.3, 0.4) is 0 Å². The smallest absolute Gasteiger partial charge is 0.00130 e. The Labute approximate surface area is 88.4 Å². The summed E-state index contributed by atoms with van der Waals surface area (Å²) >= 11 is 0. The second kappa shape index (κ2) is 4.22. The molecule has 5 unspecified atom stereocenters. The maximum absolute atomic E-state index is 5.84.